The van der Waals surface area contributed by atoms with Crippen LogP contribution in [0.3, 0.4) is 0 Å². The maximum Gasteiger partial charge on any atom is 0.253 e. The van der Waals surface area contributed by atoms with Crippen LogP contribution in [0.5, 0.6) is 0 Å². The molecule has 0 fully saturated rings. The van der Waals surface area contributed by atoms with Crippen molar-refractivity contribution in [3.8, 4) is 11.8 Å². The molecule has 0 spiro atoms. The zero-order valence-corrected chi connectivity index (χ0v) is 8.85. The van der Waals surface area contributed by atoms with Gasteiger partial charge in [-0.05, 0) is 12.1 Å². The normalized spacial score (nSPS) is 9.78. The van der Waals surface area contributed by atoms with Crippen molar-refractivity contribution in [2.24, 2.45) is 0 Å². The molecule has 90 valence electrons. The number of hydrogen-bond acceptors (Lipinski definition) is 1. The molecule has 5 heteroatoms. The fourth-order valence-electron chi connectivity index (χ4n) is 1.25. The smallest absolute Gasteiger partial charge is 0.200 e. The van der Waals surface area contributed by atoms with E-state index in [1.54, 1.807) is 30.3 Å². The lowest BCUT2D eigenvalue weighted by Gasteiger charge is -1.98. The first kappa shape index (κ1) is 12.1. The van der Waals surface area contributed by atoms with Crippen LogP contribution in [0.2, 0.25) is 0 Å². The summed E-state index contributed by atoms with van der Waals surface area (Å²) < 4.78 is 52.0. The van der Waals surface area contributed by atoms with Crippen molar-refractivity contribution >= 4 is 0 Å². The summed E-state index contributed by atoms with van der Waals surface area (Å²) >= 11 is 0. The SMILES string of the molecule is Fc1nc(F)c(F)c(C#Cc2ccccc2)c1F. The molecule has 0 atom stereocenters. The maximum absolute atomic E-state index is 13.2. The highest BCUT2D eigenvalue weighted by atomic mass is 19.2. The van der Waals surface area contributed by atoms with E-state index in [9.17, 15) is 17.6 Å². The molecular weight excluding hydrogens is 246 g/mol. The Morgan fingerprint density at radius 1 is 0.778 bits per heavy atom. The van der Waals surface area contributed by atoms with Crippen molar-refractivity contribution < 1.29 is 17.6 Å². The average molecular weight is 251 g/mol. The summed E-state index contributed by atoms with van der Waals surface area (Å²) in [5.41, 5.74) is -0.502. The first-order chi connectivity index (χ1) is 8.59. The van der Waals surface area contributed by atoms with E-state index < -0.39 is 29.1 Å². The third-order valence-corrected chi connectivity index (χ3v) is 2.10. The monoisotopic (exact) mass is 251 g/mol. The number of rotatable bonds is 0. The van der Waals surface area contributed by atoms with Crippen molar-refractivity contribution in [3.63, 3.8) is 0 Å². The Kier molecular flexibility index (Phi) is 3.28. The summed E-state index contributed by atoms with van der Waals surface area (Å²) in [6, 6.07) is 8.26. The predicted molar refractivity (Wildman–Crippen MR) is 56.5 cm³/mol. The van der Waals surface area contributed by atoms with Crippen molar-refractivity contribution in [1.82, 2.24) is 4.98 Å². The van der Waals surface area contributed by atoms with Crippen LogP contribution < -0.4 is 0 Å². The standard InChI is InChI=1S/C13H5F4N/c14-10-9(11(15)13(17)18-12(10)16)7-6-8-4-2-1-3-5-8/h1-5H. The summed E-state index contributed by atoms with van der Waals surface area (Å²) in [5.74, 6) is -2.17. The summed E-state index contributed by atoms with van der Waals surface area (Å²) in [6.07, 6.45) is 0. The Hall–Kier alpha value is -2.35. The second-order valence-electron chi connectivity index (χ2n) is 3.31. The van der Waals surface area contributed by atoms with E-state index in [-0.39, 0.29) is 0 Å². The van der Waals surface area contributed by atoms with E-state index in [1.807, 2.05) is 0 Å². The molecule has 1 nitrogen and oxygen atoms in total. The van der Waals surface area contributed by atoms with Crippen LogP contribution in [0.1, 0.15) is 11.1 Å². The molecule has 0 amide bonds. The van der Waals surface area contributed by atoms with E-state index in [2.05, 4.69) is 16.8 Å². The minimum Gasteiger partial charge on any atom is -0.200 e. The minimum atomic E-state index is -1.72. The minimum absolute atomic E-state index is 0.467. The van der Waals surface area contributed by atoms with Gasteiger partial charge in [0, 0.05) is 5.56 Å². The topological polar surface area (TPSA) is 12.9 Å². The van der Waals surface area contributed by atoms with Crippen molar-refractivity contribution in [1.29, 1.82) is 0 Å². The molecular formula is C13H5F4N. The molecule has 0 aliphatic carbocycles. The van der Waals surface area contributed by atoms with Gasteiger partial charge >= 0.3 is 0 Å². The van der Waals surface area contributed by atoms with Gasteiger partial charge in [0.05, 0.1) is 0 Å². The van der Waals surface area contributed by atoms with Crippen molar-refractivity contribution in [2.45, 2.75) is 0 Å². The van der Waals surface area contributed by atoms with Gasteiger partial charge in [-0.3, -0.25) is 0 Å². The van der Waals surface area contributed by atoms with E-state index >= 15 is 0 Å². The van der Waals surface area contributed by atoms with Gasteiger partial charge in [0.1, 0.15) is 5.56 Å². The largest absolute Gasteiger partial charge is 0.253 e. The summed E-state index contributed by atoms with van der Waals surface area (Å²) in [7, 11) is 0. The molecule has 2 aromatic rings. The second-order valence-corrected chi connectivity index (χ2v) is 3.31. The molecule has 0 aliphatic heterocycles. The number of hydrogen-bond donors (Lipinski definition) is 0. The van der Waals surface area contributed by atoms with Crippen molar-refractivity contribution in [3.05, 3.63) is 65.0 Å². The Balaban J connectivity index is 2.51. The summed E-state index contributed by atoms with van der Waals surface area (Å²) in [5, 5.41) is 0. The fourth-order valence-corrected chi connectivity index (χ4v) is 1.25. The Bertz CT molecular complexity index is 615. The molecule has 0 N–H and O–H groups in total. The maximum atomic E-state index is 13.2. The highest BCUT2D eigenvalue weighted by Crippen LogP contribution is 2.15. The van der Waals surface area contributed by atoms with Crippen molar-refractivity contribution in [2.75, 3.05) is 0 Å². The van der Waals surface area contributed by atoms with Gasteiger partial charge < -0.3 is 0 Å². The van der Waals surface area contributed by atoms with Gasteiger partial charge in [-0.2, -0.15) is 13.8 Å². The molecule has 1 heterocycles. The lowest BCUT2D eigenvalue weighted by molar-refractivity contribution is 0.404. The van der Waals surface area contributed by atoms with E-state index in [0.29, 0.717) is 5.56 Å². The highest BCUT2D eigenvalue weighted by molar-refractivity contribution is 5.43. The predicted octanol–water partition coefficient (Wildman–Crippen LogP) is 3.04. The van der Waals surface area contributed by atoms with Crippen LogP contribution >= 0.6 is 0 Å². The number of nitrogens with zero attached hydrogens (tertiary/aromatic N) is 1. The summed E-state index contributed by atoms with van der Waals surface area (Å²) in [4.78, 5) is 2.44. The number of pyridine rings is 1. The third-order valence-electron chi connectivity index (χ3n) is 2.10. The van der Waals surface area contributed by atoms with Gasteiger partial charge in [0.2, 0.25) is 0 Å². The third kappa shape index (κ3) is 2.33. The van der Waals surface area contributed by atoms with Crippen LogP contribution in [0.4, 0.5) is 17.6 Å². The van der Waals surface area contributed by atoms with E-state index in [4.69, 9.17) is 0 Å². The molecule has 0 saturated heterocycles. The molecule has 0 unspecified atom stereocenters. The molecule has 1 aromatic carbocycles. The van der Waals surface area contributed by atoms with Gasteiger partial charge in [-0.15, -0.1) is 0 Å². The molecule has 2 rings (SSSR count). The number of halogens is 4. The van der Waals surface area contributed by atoms with Gasteiger partial charge in [0.15, 0.2) is 11.6 Å². The first-order valence-corrected chi connectivity index (χ1v) is 4.86. The highest BCUT2D eigenvalue weighted by Gasteiger charge is 2.18. The fraction of sp³-hybridized carbons (Fsp3) is 0. The lowest BCUT2D eigenvalue weighted by atomic mass is 10.2. The Morgan fingerprint density at radius 2 is 1.33 bits per heavy atom. The molecule has 1 aromatic heterocycles. The molecule has 0 aliphatic rings. The summed E-state index contributed by atoms with van der Waals surface area (Å²) in [6.45, 7) is 0. The lowest BCUT2D eigenvalue weighted by Crippen LogP contribution is -2.03. The molecule has 18 heavy (non-hydrogen) atoms. The Labute approximate surface area is 100 Å². The van der Waals surface area contributed by atoms with Crippen LogP contribution in [-0.4, -0.2) is 4.98 Å². The first-order valence-electron chi connectivity index (χ1n) is 4.86. The Morgan fingerprint density at radius 3 is 1.89 bits per heavy atom. The average Bonchev–Trinajstić information content (AvgIpc) is 2.38. The van der Waals surface area contributed by atoms with Crippen LogP contribution in [0, 0.1) is 35.4 Å². The molecule has 0 saturated carbocycles. The van der Waals surface area contributed by atoms with Gasteiger partial charge in [-0.25, -0.2) is 8.78 Å². The quantitative estimate of drug-likeness (QED) is 0.398. The van der Waals surface area contributed by atoms with Crippen LogP contribution in [0.15, 0.2) is 30.3 Å². The number of aromatic nitrogens is 1. The number of benzene rings is 1. The van der Waals surface area contributed by atoms with Crippen LogP contribution in [-0.2, 0) is 0 Å². The zero-order chi connectivity index (χ0) is 13.1. The molecule has 0 bridgehead atoms. The second kappa shape index (κ2) is 4.88. The van der Waals surface area contributed by atoms with E-state index in [0.717, 1.165) is 0 Å². The van der Waals surface area contributed by atoms with E-state index in [1.165, 1.54) is 0 Å². The van der Waals surface area contributed by atoms with Gasteiger partial charge in [-0.1, -0.05) is 30.0 Å². The molecule has 0 radical (unpaired) electrons. The zero-order valence-electron chi connectivity index (χ0n) is 8.85. The van der Waals surface area contributed by atoms with Crippen LogP contribution in [0.25, 0.3) is 0 Å². The van der Waals surface area contributed by atoms with Gasteiger partial charge in [0.25, 0.3) is 11.9 Å².